The van der Waals surface area contributed by atoms with Crippen molar-refractivity contribution < 1.29 is 4.39 Å². The molecule has 0 saturated carbocycles. The van der Waals surface area contributed by atoms with Crippen molar-refractivity contribution in [3.05, 3.63) is 53.3 Å². The molecule has 18 heavy (non-hydrogen) atoms. The van der Waals surface area contributed by atoms with Gasteiger partial charge in [0.2, 0.25) is 0 Å². The Balaban J connectivity index is 2.11. The predicted octanol–water partition coefficient (Wildman–Crippen LogP) is 3.41. The van der Waals surface area contributed by atoms with Gasteiger partial charge < -0.3 is 10.6 Å². The molecule has 0 bridgehead atoms. The van der Waals surface area contributed by atoms with E-state index in [0.29, 0.717) is 0 Å². The van der Waals surface area contributed by atoms with E-state index < -0.39 is 0 Å². The monoisotopic (exact) mass is 242 g/mol. The van der Waals surface area contributed by atoms with Crippen LogP contribution in [-0.4, -0.2) is 6.54 Å². The predicted molar refractivity (Wildman–Crippen MR) is 72.7 cm³/mol. The Kier molecular flexibility index (Phi) is 2.47. The van der Waals surface area contributed by atoms with Gasteiger partial charge in [0, 0.05) is 12.2 Å². The summed E-state index contributed by atoms with van der Waals surface area (Å²) in [5.74, 6) is -0.202. The molecule has 3 heteroatoms. The molecular weight excluding hydrogens is 227 g/mol. The van der Waals surface area contributed by atoms with Gasteiger partial charge in [0.15, 0.2) is 0 Å². The molecule has 0 atom stereocenters. The van der Waals surface area contributed by atoms with Gasteiger partial charge in [0.05, 0.1) is 11.4 Å². The lowest BCUT2D eigenvalue weighted by Crippen LogP contribution is -2.15. The zero-order valence-electron chi connectivity index (χ0n) is 10.3. The number of nitrogen functional groups attached to an aromatic ring is 1. The first-order valence-corrected chi connectivity index (χ1v) is 6.08. The molecule has 1 aliphatic heterocycles. The average Bonchev–Trinajstić information content (AvgIpc) is 2.75. The lowest BCUT2D eigenvalue weighted by Gasteiger charge is -2.22. The summed E-state index contributed by atoms with van der Waals surface area (Å²) in [6.07, 6.45) is 0.934. The number of benzene rings is 2. The largest absolute Gasteiger partial charge is 0.397 e. The Morgan fingerprint density at radius 3 is 2.83 bits per heavy atom. The number of aryl methyl sites for hydroxylation is 1. The van der Waals surface area contributed by atoms with Crippen LogP contribution >= 0.6 is 0 Å². The van der Waals surface area contributed by atoms with Gasteiger partial charge in [-0.25, -0.2) is 4.39 Å². The standard InChI is InChI=1S/C15H15FN2/c1-10-3-2-4-13(15(10)17)18-8-7-11-5-6-12(16)9-14(11)18/h2-6,9H,7-8,17H2,1H3. The van der Waals surface area contributed by atoms with Gasteiger partial charge in [-0.3, -0.25) is 0 Å². The van der Waals surface area contributed by atoms with Crippen molar-refractivity contribution in [1.29, 1.82) is 0 Å². The first-order chi connectivity index (χ1) is 8.66. The summed E-state index contributed by atoms with van der Waals surface area (Å²) in [5.41, 5.74) is 11.0. The third kappa shape index (κ3) is 1.63. The SMILES string of the molecule is Cc1cccc(N2CCc3ccc(F)cc32)c1N. The fourth-order valence-electron chi connectivity index (χ4n) is 2.50. The molecule has 1 heterocycles. The van der Waals surface area contributed by atoms with Gasteiger partial charge in [0.25, 0.3) is 0 Å². The summed E-state index contributed by atoms with van der Waals surface area (Å²) in [6, 6.07) is 10.9. The number of halogens is 1. The normalized spacial score (nSPS) is 13.8. The Hall–Kier alpha value is -2.03. The van der Waals surface area contributed by atoms with Crippen molar-refractivity contribution in [2.75, 3.05) is 17.2 Å². The number of nitrogens with two attached hydrogens (primary N) is 1. The highest BCUT2D eigenvalue weighted by atomic mass is 19.1. The molecule has 2 N–H and O–H groups in total. The van der Waals surface area contributed by atoms with Crippen LogP contribution in [0.2, 0.25) is 0 Å². The third-order valence-corrected chi connectivity index (χ3v) is 3.53. The fraction of sp³-hybridized carbons (Fsp3) is 0.200. The van der Waals surface area contributed by atoms with Gasteiger partial charge in [-0.2, -0.15) is 0 Å². The van der Waals surface area contributed by atoms with Crippen LogP contribution in [-0.2, 0) is 6.42 Å². The highest BCUT2D eigenvalue weighted by molar-refractivity contribution is 5.79. The molecule has 0 spiro atoms. The van der Waals surface area contributed by atoms with Crippen molar-refractivity contribution in [1.82, 2.24) is 0 Å². The van der Waals surface area contributed by atoms with Crippen LogP contribution in [0.25, 0.3) is 0 Å². The van der Waals surface area contributed by atoms with Crippen LogP contribution in [0.3, 0.4) is 0 Å². The fourth-order valence-corrected chi connectivity index (χ4v) is 2.50. The topological polar surface area (TPSA) is 29.3 Å². The summed E-state index contributed by atoms with van der Waals surface area (Å²) >= 11 is 0. The molecule has 2 aromatic rings. The first kappa shape index (κ1) is 11.1. The van der Waals surface area contributed by atoms with Crippen molar-refractivity contribution in [2.24, 2.45) is 0 Å². The molecule has 92 valence electrons. The van der Waals surface area contributed by atoms with Gasteiger partial charge in [-0.1, -0.05) is 18.2 Å². The maximum atomic E-state index is 13.4. The molecule has 2 nitrogen and oxygen atoms in total. The second kappa shape index (κ2) is 4.02. The van der Waals surface area contributed by atoms with E-state index in [1.807, 2.05) is 31.2 Å². The van der Waals surface area contributed by atoms with Crippen LogP contribution in [0.15, 0.2) is 36.4 Å². The molecule has 0 aromatic heterocycles. The molecule has 0 unspecified atom stereocenters. The molecule has 0 radical (unpaired) electrons. The smallest absolute Gasteiger partial charge is 0.125 e. The van der Waals surface area contributed by atoms with E-state index in [0.717, 1.165) is 35.6 Å². The Labute approximate surface area is 106 Å². The Morgan fingerprint density at radius 2 is 2.00 bits per heavy atom. The number of para-hydroxylation sites is 1. The molecule has 0 fully saturated rings. The van der Waals surface area contributed by atoms with Crippen LogP contribution in [0.5, 0.6) is 0 Å². The van der Waals surface area contributed by atoms with Crippen molar-refractivity contribution in [2.45, 2.75) is 13.3 Å². The second-order valence-electron chi connectivity index (χ2n) is 4.68. The molecule has 0 amide bonds. The minimum absolute atomic E-state index is 0.202. The number of anilines is 3. The van der Waals surface area contributed by atoms with Crippen molar-refractivity contribution >= 4 is 17.1 Å². The van der Waals surface area contributed by atoms with E-state index in [1.165, 1.54) is 11.6 Å². The summed E-state index contributed by atoms with van der Waals surface area (Å²) < 4.78 is 13.4. The second-order valence-corrected chi connectivity index (χ2v) is 4.68. The summed E-state index contributed by atoms with van der Waals surface area (Å²) in [5, 5.41) is 0. The molecule has 1 aliphatic rings. The highest BCUT2D eigenvalue weighted by Gasteiger charge is 2.22. The van der Waals surface area contributed by atoms with E-state index in [9.17, 15) is 4.39 Å². The summed E-state index contributed by atoms with van der Waals surface area (Å²) in [6.45, 7) is 2.84. The van der Waals surface area contributed by atoms with Crippen molar-refractivity contribution in [3.63, 3.8) is 0 Å². The van der Waals surface area contributed by atoms with Gasteiger partial charge >= 0.3 is 0 Å². The minimum atomic E-state index is -0.202. The Morgan fingerprint density at radius 1 is 1.17 bits per heavy atom. The van der Waals surface area contributed by atoms with E-state index in [2.05, 4.69) is 4.90 Å². The average molecular weight is 242 g/mol. The number of hydrogen-bond acceptors (Lipinski definition) is 2. The van der Waals surface area contributed by atoms with E-state index in [4.69, 9.17) is 5.73 Å². The van der Waals surface area contributed by atoms with Crippen molar-refractivity contribution in [3.8, 4) is 0 Å². The summed E-state index contributed by atoms with van der Waals surface area (Å²) in [7, 11) is 0. The summed E-state index contributed by atoms with van der Waals surface area (Å²) in [4.78, 5) is 2.10. The molecule has 0 saturated heterocycles. The lowest BCUT2D eigenvalue weighted by molar-refractivity contribution is 0.628. The van der Waals surface area contributed by atoms with Gasteiger partial charge in [-0.05, 0) is 42.7 Å². The number of fused-ring (bicyclic) bond motifs is 1. The first-order valence-electron chi connectivity index (χ1n) is 6.08. The van der Waals surface area contributed by atoms with Gasteiger partial charge in [0.1, 0.15) is 5.82 Å². The lowest BCUT2D eigenvalue weighted by atomic mass is 10.1. The zero-order chi connectivity index (χ0) is 12.7. The highest BCUT2D eigenvalue weighted by Crippen LogP contribution is 2.38. The van der Waals surface area contributed by atoms with Crippen LogP contribution in [0.1, 0.15) is 11.1 Å². The molecule has 0 aliphatic carbocycles. The van der Waals surface area contributed by atoms with Gasteiger partial charge in [-0.15, -0.1) is 0 Å². The third-order valence-electron chi connectivity index (χ3n) is 3.53. The maximum Gasteiger partial charge on any atom is 0.125 e. The number of nitrogens with zero attached hydrogens (tertiary/aromatic N) is 1. The zero-order valence-corrected chi connectivity index (χ0v) is 10.3. The quantitative estimate of drug-likeness (QED) is 0.776. The van der Waals surface area contributed by atoms with E-state index >= 15 is 0 Å². The van der Waals surface area contributed by atoms with E-state index in [-0.39, 0.29) is 5.82 Å². The molecular formula is C15H15FN2. The molecule has 3 rings (SSSR count). The van der Waals surface area contributed by atoms with E-state index in [1.54, 1.807) is 6.07 Å². The van der Waals surface area contributed by atoms with Crippen LogP contribution < -0.4 is 10.6 Å². The maximum absolute atomic E-state index is 13.4. The van der Waals surface area contributed by atoms with Crippen LogP contribution in [0.4, 0.5) is 21.5 Å². The number of rotatable bonds is 1. The molecule has 2 aromatic carbocycles. The number of hydrogen-bond donors (Lipinski definition) is 1. The minimum Gasteiger partial charge on any atom is -0.397 e. The Bertz CT molecular complexity index is 607. The van der Waals surface area contributed by atoms with Crippen LogP contribution in [0, 0.1) is 12.7 Å².